The van der Waals surface area contributed by atoms with Crippen molar-refractivity contribution in [2.45, 2.75) is 6.04 Å². The first-order valence-corrected chi connectivity index (χ1v) is 7.24. The summed E-state index contributed by atoms with van der Waals surface area (Å²) in [6.45, 7) is 0. The molecule has 0 bridgehead atoms. The fourth-order valence-electron chi connectivity index (χ4n) is 2.72. The zero-order valence-electron chi connectivity index (χ0n) is 12.2. The molecule has 0 spiro atoms. The van der Waals surface area contributed by atoms with E-state index in [2.05, 4.69) is 103 Å². The Morgan fingerprint density at radius 2 is 0.952 bits per heavy atom. The fourth-order valence-corrected chi connectivity index (χ4v) is 2.72. The van der Waals surface area contributed by atoms with Crippen LogP contribution >= 0.6 is 0 Å². The van der Waals surface area contributed by atoms with Crippen molar-refractivity contribution in [3.05, 3.63) is 102 Å². The highest BCUT2D eigenvalue weighted by molar-refractivity contribution is 5.51. The summed E-state index contributed by atoms with van der Waals surface area (Å²) >= 11 is 0. The molecule has 104 valence electrons. The van der Waals surface area contributed by atoms with Crippen LogP contribution in [0.15, 0.2) is 91.0 Å². The summed E-state index contributed by atoms with van der Waals surface area (Å²) in [7, 11) is 2.15. The van der Waals surface area contributed by atoms with Gasteiger partial charge in [-0.3, -0.25) is 0 Å². The van der Waals surface area contributed by atoms with Crippen LogP contribution < -0.4 is 4.90 Å². The van der Waals surface area contributed by atoms with Crippen molar-refractivity contribution in [3.63, 3.8) is 0 Å². The van der Waals surface area contributed by atoms with Crippen LogP contribution in [0.1, 0.15) is 17.2 Å². The molecule has 0 radical (unpaired) electrons. The Balaban J connectivity index is 2.05. The third-order valence-electron chi connectivity index (χ3n) is 3.78. The molecule has 0 saturated heterocycles. The monoisotopic (exact) mass is 273 g/mol. The normalized spacial score (nSPS) is 10.6. The Kier molecular flexibility index (Phi) is 4.02. The van der Waals surface area contributed by atoms with Gasteiger partial charge < -0.3 is 4.90 Å². The van der Waals surface area contributed by atoms with Crippen LogP contribution in [-0.2, 0) is 0 Å². The van der Waals surface area contributed by atoms with E-state index in [1.165, 1.54) is 16.8 Å². The number of nitrogens with zero attached hydrogens (tertiary/aromatic N) is 1. The van der Waals surface area contributed by atoms with Crippen molar-refractivity contribution in [3.8, 4) is 0 Å². The molecule has 0 fully saturated rings. The maximum Gasteiger partial charge on any atom is 0.0792 e. The van der Waals surface area contributed by atoms with Crippen LogP contribution in [0.3, 0.4) is 0 Å². The molecule has 0 aliphatic carbocycles. The van der Waals surface area contributed by atoms with Gasteiger partial charge in [0, 0.05) is 12.7 Å². The molecule has 0 aromatic heterocycles. The molecule has 0 aliphatic rings. The lowest BCUT2D eigenvalue weighted by molar-refractivity contribution is 0.783. The first-order chi connectivity index (χ1) is 10.4. The first-order valence-electron chi connectivity index (χ1n) is 7.24. The molecule has 21 heavy (non-hydrogen) atoms. The summed E-state index contributed by atoms with van der Waals surface area (Å²) < 4.78 is 0. The summed E-state index contributed by atoms with van der Waals surface area (Å²) in [4.78, 5) is 2.32. The molecule has 3 rings (SSSR count). The number of para-hydroxylation sites is 1. The van der Waals surface area contributed by atoms with E-state index in [9.17, 15) is 0 Å². The van der Waals surface area contributed by atoms with Crippen molar-refractivity contribution in [2.75, 3.05) is 11.9 Å². The summed E-state index contributed by atoms with van der Waals surface area (Å²) in [5.74, 6) is 0. The Morgan fingerprint density at radius 1 is 0.571 bits per heavy atom. The SMILES string of the molecule is CN(c1ccccc1)C(c1ccccc1)c1ccccc1. The Labute approximate surface area is 126 Å². The summed E-state index contributed by atoms with van der Waals surface area (Å²) in [6.07, 6.45) is 0. The Bertz CT molecular complexity index is 622. The second kappa shape index (κ2) is 6.27. The second-order valence-electron chi connectivity index (χ2n) is 5.17. The van der Waals surface area contributed by atoms with Gasteiger partial charge in [-0.1, -0.05) is 78.9 Å². The molecule has 0 saturated carbocycles. The number of hydrogen-bond donors (Lipinski definition) is 0. The van der Waals surface area contributed by atoms with Crippen molar-refractivity contribution in [1.82, 2.24) is 0 Å². The van der Waals surface area contributed by atoms with E-state index < -0.39 is 0 Å². The second-order valence-corrected chi connectivity index (χ2v) is 5.17. The number of rotatable bonds is 4. The van der Waals surface area contributed by atoms with Gasteiger partial charge in [-0.05, 0) is 23.3 Å². The molecule has 1 nitrogen and oxygen atoms in total. The van der Waals surface area contributed by atoms with E-state index in [-0.39, 0.29) is 6.04 Å². The quantitative estimate of drug-likeness (QED) is 0.652. The van der Waals surface area contributed by atoms with Gasteiger partial charge in [-0.2, -0.15) is 0 Å². The first kappa shape index (κ1) is 13.4. The van der Waals surface area contributed by atoms with Crippen LogP contribution in [-0.4, -0.2) is 7.05 Å². The van der Waals surface area contributed by atoms with Gasteiger partial charge in [0.2, 0.25) is 0 Å². The summed E-state index contributed by atoms with van der Waals surface area (Å²) in [5, 5.41) is 0. The minimum atomic E-state index is 0.217. The molecule has 3 aromatic carbocycles. The Morgan fingerprint density at radius 3 is 1.38 bits per heavy atom. The topological polar surface area (TPSA) is 3.24 Å². The lowest BCUT2D eigenvalue weighted by atomic mass is 9.97. The van der Waals surface area contributed by atoms with E-state index in [0.29, 0.717) is 0 Å². The molecule has 0 atom stereocenters. The molecule has 1 heteroatoms. The van der Waals surface area contributed by atoms with Crippen LogP contribution in [0.5, 0.6) is 0 Å². The van der Waals surface area contributed by atoms with Gasteiger partial charge >= 0.3 is 0 Å². The van der Waals surface area contributed by atoms with Crippen molar-refractivity contribution in [2.24, 2.45) is 0 Å². The van der Waals surface area contributed by atoms with E-state index in [1.54, 1.807) is 0 Å². The molecular weight excluding hydrogens is 254 g/mol. The standard InChI is InChI=1S/C20H19N/c1-21(19-15-9-4-10-16-19)20(17-11-5-2-6-12-17)18-13-7-3-8-14-18/h2-16,20H,1H3. The van der Waals surface area contributed by atoms with Crippen LogP contribution in [0.25, 0.3) is 0 Å². The minimum absolute atomic E-state index is 0.217. The molecular formula is C20H19N. The number of hydrogen-bond acceptors (Lipinski definition) is 1. The van der Waals surface area contributed by atoms with Gasteiger partial charge in [0.1, 0.15) is 0 Å². The largest absolute Gasteiger partial charge is 0.363 e. The van der Waals surface area contributed by atoms with Crippen LogP contribution in [0, 0.1) is 0 Å². The summed E-state index contributed by atoms with van der Waals surface area (Å²) in [5.41, 5.74) is 3.82. The van der Waals surface area contributed by atoms with E-state index in [0.717, 1.165) is 0 Å². The maximum absolute atomic E-state index is 2.32. The van der Waals surface area contributed by atoms with E-state index >= 15 is 0 Å². The smallest absolute Gasteiger partial charge is 0.0792 e. The third kappa shape index (κ3) is 2.97. The van der Waals surface area contributed by atoms with Crippen molar-refractivity contribution in [1.29, 1.82) is 0 Å². The van der Waals surface area contributed by atoms with Gasteiger partial charge in [0.25, 0.3) is 0 Å². The minimum Gasteiger partial charge on any atom is -0.363 e. The van der Waals surface area contributed by atoms with Gasteiger partial charge in [0.05, 0.1) is 6.04 Å². The average molecular weight is 273 g/mol. The number of anilines is 1. The van der Waals surface area contributed by atoms with Crippen molar-refractivity contribution < 1.29 is 0 Å². The maximum atomic E-state index is 2.32. The zero-order valence-corrected chi connectivity index (χ0v) is 12.2. The molecule has 0 N–H and O–H groups in total. The zero-order chi connectivity index (χ0) is 14.5. The highest BCUT2D eigenvalue weighted by atomic mass is 15.1. The van der Waals surface area contributed by atoms with E-state index in [4.69, 9.17) is 0 Å². The van der Waals surface area contributed by atoms with E-state index in [1.807, 2.05) is 0 Å². The summed E-state index contributed by atoms with van der Waals surface area (Å²) in [6, 6.07) is 32.0. The molecule has 0 aliphatic heterocycles. The molecule has 0 unspecified atom stereocenters. The van der Waals surface area contributed by atoms with Crippen LogP contribution in [0.4, 0.5) is 5.69 Å². The van der Waals surface area contributed by atoms with Gasteiger partial charge in [0.15, 0.2) is 0 Å². The third-order valence-corrected chi connectivity index (χ3v) is 3.78. The number of benzene rings is 3. The van der Waals surface area contributed by atoms with Crippen molar-refractivity contribution >= 4 is 5.69 Å². The highest BCUT2D eigenvalue weighted by Crippen LogP contribution is 2.31. The molecule has 0 heterocycles. The van der Waals surface area contributed by atoms with Gasteiger partial charge in [-0.25, -0.2) is 0 Å². The van der Waals surface area contributed by atoms with Crippen LogP contribution in [0.2, 0.25) is 0 Å². The molecule has 0 amide bonds. The fraction of sp³-hybridized carbons (Fsp3) is 0.100. The highest BCUT2D eigenvalue weighted by Gasteiger charge is 2.19. The predicted octanol–water partition coefficient (Wildman–Crippen LogP) is 4.91. The lowest BCUT2D eigenvalue weighted by Gasteiger charge is -2.31. The Hall–Kier alpha value is -2.54. The lowest BCUT2D eigenvalue weighted by Crippen LogP contribution is -2.25. The molecule has 3 aromatic rings. The average Bonchev–Trinajstić information content (AvgIpc) is 2.58. The van der Waals surface area contributed by atoms with Gasteiger partial charge in [-0.15, -0.1) is 0 Å². The predicted molar refractivity (Wildman–Crippen MR) is 89.6 cm³/mol.